The molecule has 17 heavy (non-hydrogen) atoms. The quantitative estimate of drug-likeness (QED) is 0.756. The Kier molecular flexibility index (Phi) is 4.66. The second-order valence-corrected chi connectivity index (χ2v) is 5.00. The van der Waals surface area contributed by atoms with Crippen molar-refractivity contribution in [2.75, 3.05) is 32.8 Å². The van der Waals surface area contributed by atoms with E-state index in [0.29, 0.717) is 0 Å². The SMILES string of the molecule is CCN(CC1CCCO1)C(=O)N1CCCCC1. The summed E-state index contributed by atoms with van der Waals surface area (Å²) in [5.74, 6) is 0. The monoisotopic (exact) mass is 240 g/mol. The van der Waals surface area contributed by atoms with E-state index < -0.39 is 0 Å². The molecule has 0 radical (unpaired) electrons. The van der Waals surface area contributed by atoms with Gasteiger partial charge in [-0.3, -0.25) is 0 Å². The lowest BCUT2D eigenvalue weighted by atomic mass is 10.1. The smallest absolute Gasteiger partial charge is 0.320 e. The highest BCUT2D eigenvalue weighted by Gasteiger charge is 2.25. The molecule has 2 aliphatic heterocycles. The molecule has 0 bridgehead atoms. The highest BCUT2D eigenvalue weighted by atomic mass is 16.5. The number of hydrogen-bond donors (Lipinski definition) is 0. The molecular weight excluding hydrogens is 216 g/mol. The lowest BCUT2D eigenvalue weighted by Gasteiger charge is -2.33. The van der Waals surface area contributed by atoms with Crippen LogP contribution < -0.4 is 0 Å². The Hall–Kier alpha value is -0.770. The molecule has 0 spiro atoms. The third-order valence-electron chi connectivity index (χ3n) is 3.73. The van der Waals surface area contributed by atoms with E-state index in [9.17, 15) is 4.79 Å². The fourth-order valence-corrected chi connectivity index (χ4v) is 2.66. The third-order valence-corrected chi connectivity index (χ3v) is 3.73. The zero-order valence-electron chi connectivity index (χ0n) is 10.9. The molecule has 2 saturated heterocycles. The Morgan fingerprint density at radius 1 is 1.29 bits per heavy atom. The number of ether oxygens (including phenoxy) is 1. The maximum absolute atomic E-state index is 12.3. The van der Waals surface area contributed by atoms with Gasteiger partial charge in [0, 0.05) is 32.8 Å². The van der Waals surface area contributed by atoms with Crippen LogP contribution in [0.2, 0.25) is 0 Å². The predicted molar refractivity (Wildman–Crippen MR) is 67.0 cm³/mol. The zero-order valence-corrected chi connectivity index (χ0v) is 10.9. The van der Waals surface area contributed by atoms with Crippen LogP contribution in [0.4, 0.5) is 4.79 Å². The van der Waals surface area contributed by atoms with Gasteiger partial charge in [0.25, 0.3) is 0 Å². The second kappa shape index (κ2) is 6.24. The van der Waals surface area contributed by atoms with Gasteiger partial charge in [-0.15, -0.1) is 0 Å². The zero-order chi connectivity index (χ0) is 12.1. The summed E-state index contributed by atoms with van der Waals surface area (Å²) < 4.78 is 5.61. The average Bonchev–Trinajstić information content (AvgIpc) is 2.89. The highest BCUT2D eigenvalue weighted by Crippen LogP contribution is 2.16. The molecule has 4 nitrogen and oxygen atoms in total. The van der Waals surface area contributed by atoms with E-state index in [2.05, 4.69) is 6.92 Å². The van der Waals surface area contributed by atoms with Crippen molar-refractivity contribution in [2.24, 2.45) is 0 Å². The lowest BCUT2D eigenvalue weighted by Crippen LogP contribution is -2.47. The summed E-state index contributed by atoms with van der Waals surface area (Å²) in [6, 6.07) is 0.211. The fraction of sp³-hybridized carbons (Fsp3) is 0.923. The molecule has 0 N–H and O–H groups in total. The van der Waals surface area contributed by atoms with E-state index in [1.54, 1.807) is 0 Å². The summed E-state index contributed by atoms with van der Waals surface area (Å²) in [7, 11) is 0. The fourth-order valence-electron chi connectivity index (χ4n) is 2.66. The van der Waals surface area contributed by atoms with E-state index >= 15 is 0 Å². The van der Waals surface area contributed by atoms with Crippen LogP contribution in [0.5, 0.6) is 0 Å². The molecule has 2 heterocycles. The number of hydrogen-bond acceptors (Lipinski definition) is 2. The normalized spacial score (nSPS) is 25.0. The summed E-state index contributed by atoms with van der Waals surface area (Å²) in [5.41, 5.74) is 0. The van der Waals surface area contributed by atoms with Crippen LogP contribution in [-0.2, 0) is 4.74 Å². The average molecular weight is 240 g/mol. The van der Waals surface area contributed by atoms with Crippen molar-refractivity contribution < 1.29 is 9.53 Å². The minimum Gasteiger partial charge on any atom is -0.376 e. The van der Waals surface area contributed by atoms with Crippen molar-refractivity contribution in [2.45, 2.75) is 45.1 Å². The molecule has 2 fully saturated rings. The number of piperidine rings is 1. The highest BCUT2D eigenvalue weighted by molar-refractivity contribution is 5.74. The van der Waals surface area contributed by atoms with Crippen LogP contribution in [0.1, 0.15) is 39.0 Å². The second-order valence-electron chi connectivity index (χ2n) is 5.00. The molecule has 0 aromatic rings. The first-order chi connectivity index (χ1) is 8.31. The molecule has 98 valence electrons. The van der Waals surface area contributed by atoms with Gasteiger partial charge in [0.1, 0.15) is 0 Å². The number of likely N-dealkylation sites (N-methyl/N-ethyl adjacent to an activating group) is 1. The lowest BCUT2D eigenvalue weighted by molar-refractivity contribution is 0.0727. The summed E-state index contributed by atoms with van der Waals surface area (Å²) in [4.78, 5) is 16.3. The first kappa shape index (κ1) is 12.7. The van der Waals surface area contributed by atoms with Crippen molar-refractivity contribution in [1.29, 1.82) is 0 Å². The number of rotatable bonds is 3. The Morgan fingerprint density at radius 3 is 2.65 bits per heavy atom. The van der Waals surface area contributed by atoms with Gasteiger partial charge in [-0.1, -0.05) is 0 Å². The van der Waals surface area contributed by atoms with Crippen LogP contribution in [0.3, 0.4) is 0 Å². The van der Waals surface area contributed by atoms with Gasteiger partial charge in [0.05, 0.1) is 6.10 Å². The summed E-state index contributed by atoms with van der Waals surface area (Å²) >= 11 is 0. The molecule has 2 aliphatic rings. The van der Waals surface area contributed by atoms with E-state index in [1.807, 2.05) is 9.80 Å². The standard InChI is InChI=1S/C13H24N2O2/c1-2-14(11-12-7-6-10-17-12)13(16)15-8-4-3-5-9-15/h12H,2-11H2,1H3. The Balaban J connectivity index is 1.84. The summed E-state index contributed by atoms with van der Waals surface area (Å²) in [6.07, 6.45) is 6.08. The van der Waals surface area contributed by atoms with Crippen molar-refractivity contribution in [3.8, 4) is 0 Å². The molecule has 2 amide bonds. The molecule has 1 unspecified atom stereocenters. The maximum Gasteiger partial charge on any atom is 0.320 e. The molecule has 0 aromatic carbocycles. The molecule has 0 aromatic heterocycles. The van der Waals surface area contributed by atoms with Gasteiger partial charge in [-0.25, -0.2) is 4.79 Å². The number of urea groups is 1. The van der Waals surface area contributed by atoms with E-state index in [0.717, 1.165) is 58.5 Å². The topological polar surface area (TPSA) is 32.8 Å². The van der Waals surface area contributed by atoms with Gasteiger partial charge >= 0.3 is 6.03 Å². The predicted octanol–water partition coefficient (Wildman–Crippen LogP) is 2.09. The molecule has 1 atom stereocenters. The van der Waals surface area contributed by atoms with Crippen molar-refractivity contribution >= 4 is 6.03 Å². The molecule has 0 saturated carbocycles. The van der Waals surface area contributed by atoms with Crippen molar-refractivity contribution in [3.05, 3.63) is 0 Å². The number of carbonyl (C=O) groups excluding carboxylic acids is 1. The number of amides is 2. The number of carbonyl (C=O) groups is 1. The number of likely N-dealkylation sites (tertiary alicyclic amines) is 1. The van der Waals surface area contributed by atoms with Crippen molar-refractivity contribution in [1.82, 2.24) is 9.80 Å². The van der Waals surface area contributed by atoms with Crippen LogP contribution in [0.15, 0.2) is 0 Å². The Labute approximate surface area is 104 Å². The number of nitrogens with zero attached hydrogens (tertiary/aromatic N) is 2. The molecule has 4 heteroatoms. The van der Waals surface area contributed by atoms with E-state index in [4.69, 9.17) is 4.74 Å². The Bertz CT molecular complexity index is 246. The van der Waals surface area contributed by atoms with Gasteiger partial charge in [0.2, 0.25) is 0 Å². The van der Waals surface area contributed by atoms with E-state index in [1.165, 1.54) is 6.42 Å². The maximum atomic E-state index is 12.3. The van der Waals surface area contributed by atoms with Crippen molar-refractivity contribution in [3.63, 3.8) is 0 Å². The summed E-state index contributed by atoms with van der Waals surface area (Å²) in [5, 5.41) is 0. The Morgan fingerprint density at radius 2 is 2.06 bits per heavy atom. The van der Waals surface area contributed by atoms with Crippen LogP contribution in [0, 0.1) is 0 Å². The largest absolute Gasteiger partial charge is 0.376 e. The molecular formula is C13H24N2O2. The van der Waals surface area contributed by atoms with Gasteiger partial charge < -0.3 is 14.5 Å². The van der Waals surface area contributed by atoms with Crippen LogP contribution in [0.25, 0.3) is 0 Å². The first-order valence-electron chi connectivity index (χ1n) is 6.96. The van der Waals surface area contributed by atoms with E-state index in [-0.39, 0.29) is 12.1 Å². The third kappa shape index (κ3) is 3.35. The van der Waals surface area contributed by atoms with Gasteiger partial charge in [0.15, 0.2) is 0 Å². The van der Waals surface area contributed by atoms with Gasteiger partial charge in [-0.2, -0.15) is 0 Å². The van der Waals surface area contributed by atoms with Gasteiger partial charge in [-0.05, 0) is 39.0 Å². The summed E-state index contributed by atoms with van der Waals surface area (Å²) in [6.45, 7) is 6.33. The van der Waals surface area contributed by atoms with Crippen LogP contribution >= 0.6 is 0 Å². The first-order valence-corrected chi connectivity index (χ1v) is 6.96. The minimum atomic E-state index is 0.211. The molecule has 0 aliphatic carbocycles. The van der Waals surface area contributed by atoms with Crippen LogP contribution in [-0.4, -0.2) is 54.7 Å². The minimum absolute atomic E-state index is 0.211. The molecule has 2 rings (SSSR count).